The number of carbonyl (C=O) groups is 1. The maximum Gasteiger partial charge on any atom is 0.322 e. The second kappa shape index (κ2) is 5.55. The van der Waals surface area contributed by atoms with Gasteiger partial charge in [0.05, 0.1) is 7.11 Å². The molecule has 0 aromatic heterocycles. The molecular weight excluding hydrogens is 216 g/mol. The Morgan fingerprint density at radius 3 is 2.62 bits per heavy atom. The molecule has 0 aliphatic rings. The molecule has 0 fully saturated rings. The van der Waals surface area contributed by atoms with Gasteiger partial charge < -0.3 is 10.5 Å². The fourth-order valence-corrected chi connectivity index (χ4v) is 1.40. The number of carbonyl (C=O) groups excluding carboxylic acids is 1. The third kappa shape index (κ3) is 3.00. The number of halogens is 2. The van der Waals surface area contributed by atoms with Crippen molar-refractivity contribution in [3.63, 3.8) is 0 Å². The van der Waals surface area contributed by atoms with Gasteiger partial charge in [0, 0.05) is 5.56 Å². The van der Waals surface area contributed by atoms with Crippen LogP contribution in [0.5, 0.6) is 0 Å². The molecule has 0 saturated carbocycles. The minimum absolute atomic E-state index is 0.0488. The minimum atomic E-state index is -2.57. The Morgan fingerprint density at radius 1 is 1.44 bits per heavy atom. The summed E-state index contributed by atoms with van der Waals surface area (Å²) < 4.78 is 29.6. The average molecular weight is 229 g/mol. The molecule has 1 aromatic carbocycles. The molecule has 88 valence electrons. The highest BCUT2D eigenvalue weighted by Crippen LogP contribution is 2.23. The zero-order valence-corrected chi connectivity index (χ0v) is 8.82. The van der Waals surface area contributed by atoms with Crippen LogP contribution < -0.4 is 5.73 Å². The molecule has 5 heteroatoms. The molecule has 0 radical (unpaired) electrons. The van der Waals surface area contributed by atoms with Crippen LogP contribution in [-0.2, 0) is 16.0 Å². The van der Waals surface area contributed by atoms with Crippen LogP contribution in [0, 0.1) is 0 Å². The van der Waals surface area contributed by atoms with Crippen LogP contribution >= 0.6 is 0 Å². The van der Waals surface area contributed by atoms with Crippen LogP contribution in [0.25, 0.3) is 0 Å². The summed E-state index contributed by atoms with van der Waals surface area (Å²) in [5.74, 6) is -0.607. The van der Waals surface area contributed by atoms with Crippen LogP contribution in [0.3, 0.4) is 0 Å². The van der Waals surface area contributed by atoms with E-state index in [4.69, 9.17) is 5.73 Å². The van der Waals surface area contributed by atoms with Gasteiger partial charge in [0.2, 0.25) is 0 Å². The zero-order chi connectivity index (χ0) is 12.1. The molecule has 0 heterocycles. The Balaban J connectivity index is 2.84. The van der Waals surface area contributed by atoms with Crippen molar-refractivity contribution < 1.29 is 18.3 Å². The second-order valence-electron chi connectivity index (χ2n) is 3.33. The van der Waals surface area contributed by atoms with E-state index in [1.165, 1.54) is 25.3 Å². The molecule has 0 bridgehead atoms. The first-order valence-corrected chi connectivity index (χ1v) is 4.75. The molecule has 0 saturated heterocycles. The summed E-state index contributed by atoms with van der Waals surface area (Å²) in [6, 6.07) is 5.10. The number of rotatable bonds is 4. The van der Waals surface area contributed by atoms with E-state index < -0.39 is 18.4 Å². The number of ether oxygens (including phenoxy) is 1. The van der Waals surface area contributed by atoms with Crippen LogP contribution in [0.15, 0.2) is 24.3 Å². The van der Waals surface area contributed by atoms with Crippen LogP contribution in [-0.4, -0.2) is 19.1 Å². The largest absolute Gasteiger partial charge is 0.468 e. The molecule has 16 heavy (non-hydrogen) atoms. The fourth-order valence-electron chi connectivity index (χ4n) is 1.40. The van der Waals surface area contributed by atoms with Gasteiger partial charge in [-0.1, -0.05) is 24.3 Å². The van der Waals surface area contributed by atoms with Crippen molar-refractivity contribution in [3.8, 4) is 0 Å². The number of methoxy groups -OCH3 is 1. The van der Waals surface area contributed by atoms with E-state index in [-0.39, 0.29) is 12.0 Å². The highest BCUT2D eigenvalue weighted by atomic mass is 19.3. The van der Waals surface area contributed by atoms with E-state index in [0.29, 0.717) is 5.56 Å². The molecule has 1 unspecified atom stereocenters. The SMILES string of the molecule is COC(=O)C(N)Cc1ccccc1C(F)F. The molecule has 1 rings (SSSR count). The standard InChI is InChI=1S/C11H13F2NO2/c1-16-11(15)9(14)6-7-4-2-3-5-8(7)10(12)13/h2-5,9-10H,6,14H2,1H3. The predicted molar refractivity (Wildman–Crippen MR) is 55.1 cm³/mol. The Bertz CT molecular complexity index is 369. The monoisotopic (exact) mass is 229 g/mol. The molecular formula is C11H13F2NO2. The smallest absolute Gasteiger partial charge is 0.322 e. The molecule has 1 atom stereocenters. The van der Waals surface area contributed by atoms with Crippen LogP contribution in [0.1, 0.15) is 17.6 Å². The van der Waals surface area contributed by atoms with Gasteiger partial charge in [0.25, 0.3) is 6.43 Å². The van der Waals surface area contributed by atoms with Crippen molar-refractivity contribution >= 4 is 5.97 Å². The van der Waals surface area contributed by atoms with Gasteiger partial charge in [0.15, 0.2) is 0 Å². The molecule has 0 aliphatic carbocycles. The van der Waals surface area contributed by atoms with Gasteiger partial charge in [-0.3, -0.25) is 4.79 Å². The predicted octanol–water partition coefficient (Wildman–Crippen LogP) is 1.67. The lowest BCUT2D eigenvalue weighted by Crippen LogP contribution is -2.33. The molecule has 0 aliphatic heterocycles. The Hall–Kier alpha value is -1.49. The first kappa shape index (κ1) is 12.6. The third-order valence-electron chi connectivity index (χ3n) is 2.23. The first-order valence-electron chi connectivity index (χ1n) is 4.75. The summed E-state index contributed by atoms with van der Waals surface area (Å²) >= 11 is 0. The quantitative estimate of drug-likeness (QED) is 0.799. The van der Waals surface area contributed by atoms with E-state index in [2.05, 4.69) is 4.74 Å². The maximum atomic E-state index is 12.6. The van der Waals surface area contributed by atoms with Crippen molar-refractivity contribution in [2.45, 2.75) is 18.9 Å². The number of alkyl halides is 2. The van der Waals surface area contributed by atoms with E-state index in [1.807, 2.05) is 0 Å². The number of benzene rings is 1. The minimum Gasteiger partial charge on any atom is -0.468 e. The normalized spacial score (nSPS) is 12.6. The van der Waals surface area contributed by atoms with Crippen molar-refractivity contribution in [1.82, 2.24) is 0 Å². The topological polar surface area (TPSA) is 52.3 Å². The van der Waals surface area contributed by atoms with Gasteiger partial charge >= 0.3 is 5.97 Å². The lowest BCUT2D eigenvalue weighted by atomic mass is 10.0. The number of hydrogen-bond donors (Lipinski definition) is 1. The van der Waals surface area contributed by atoms with Crippen LogP contribution in [0.4, 0.5) is 8.78 Å². The number of hydrogen-bond acceptors (Lipinski definition) is 3. The summed E-state index contributed by atoms with van der Waals surface area (Å²) in [4.78, 5) is 11.1. The van der Waals surface area contributed by atoms with Gasteiger partial charge in [0.1, 0.15) is 6.04 Å². The maximum absolute atomic E-state index is 12.6. The number of esters is 1. The Labute approximate surface area is 92.2 Å². The molecule has 0 spiro atoms. The van der Waals surface area contributed by atoms with Crippen molar-refractivity contribution in [1.29, 1.82) is 0 Å². The van der Waals surface area contributed by atoms with E-state index in [9.17, 15) is 13.6 Å². The summed E-state index contributed by atoms with van der Waals surface area (Å²) in [7, 11) is 1.21. The highest BCUT2D eigenvalue weighted by molar-refractivity contribution is 5.75. The third-order valence-corrected chi connectivity index (χ3v) is 2.23. The fraction of sp³-hybridized carbons (Fsp3) is 0.364. The Kier molecular flexibility index (Phi) is 4.37. The summed E-state index contributed by atoms with van der Waals surface area (Å²) in [6.07, 6.45) is -2.52. The van der Waals surface area contributed by atoms with Gasteiger partial charge in [-0.2, -0.15) is 0 Å². The van der Waals surface area contributed by atoms with Crippen molar-refractivity contribution in [2.75, 3.05) is 7.11 Å². The summed E-state index contributed by atoms with van der Waals surface area (Å²) in [5, 5.41) is 0. The number of nitrogens with two attached hydrogens (primary N) is 1. The van der Waals surface area contributed by atoms with E-state index in [0.717, 1.165) is 0 Å². The summed E-state index contributed by atoms with van der Waals surface area (Å²) in [6.45, 7) is 0. The van der Waals surface area contributed by atoms with Gasteiger partial charge in [-0.05, 0) is 12.0 Å². The average Bonchev–Trinajstić information content (AvgIpc) is 2.28. The zero-order valence-electron chi connectivity index (χ0n) is 8.82. The van der Waals surface area contributed by atoms with Crippen LogP contribution in [0.2, 0.25) is 0 Å². The lowest BCUT2D eigenvalue weighted by Gasteiger charge is -2.12. The summed E-state index contributed by atoms with van der Waals surface area (Å²) in [5.41, 5.74) is 5.78. The van der Waals surface area contributed by atoms with Crippen molar-refractivity contribution in [2.24, 2.45) is 5.73 Å². The van der Waals surface area contributed by atoms with E-state index >= 15 is 0 Å². The molecule has 1 aromatic rings. The lowest BCUT2D eigenvalue weighted by molar-refractivity contribution is -0.142. The molecule has 2 N–H and O–H groups in total. The van der Waals surface area contributed by atoms with Gasteiger partial charge in [-0.15, -0.1) is 0 Å². The van der Waals surface area contributed by atoms with Crippen molar-refractivity contribution in [3.05, 3.63) is 35.4 Å². The van der Waals surface area contributed by atoms with Gasteiger partial charge in [-0.25, -0.2) is 8.78 Å². The molecule has 3 nitrogen and oxygen atoms in total. The van der Waals surface area contributed by atoms with E-state index in [1.54, 1.807) is 6.07 Å². The Morgan fingerprint density at radius 2 is 2.06 bits per heavy atom. The second-order valence-corrected chi connectivity index (χ2v) is 3.33. The highest BCUT2D eigenvalue weighted by Gasteiger charge is 2.18. The first-order chi connectivity index (χ1) is 7.56. The molecule has 0 amide bonds.